The maximum atomic E-state index is 11.9. The summed E-state index contributed by atoms with van der Waals surface area (Å²) in [7, 11) is 0. The standard InChI is InChI=1S/C18H20N2O3/c1-13(2)15-6-3-14(4-7-15)5-12-18(21)19-16-8-10-17(11-9-16)20(22)23/h3-4,6-11,13H,5,12H2,1-2H3,(H,19,21). The molecule has 0 atom stereocenters. The first kappa shape index (κ1) is 16.7. The zero-order valence-electron chi connectivity index (χ0n) is 13.3. The van der Waals surface area contributed by atoms with E-state index >= 15 is 0 Å². The Kier molecular flexibility index (Phi) is 5.46. The molecule has 0 fully saturated rings. The van der Waals surface area contributed by atoms with Gasteiger partial charge in [0.2, 0.25) is 5.91 Å². The summed E-state index contributed by atoms with van der Waals surface area (Å²) in [6.07, 6.45) is 1.04. The minimum absolute atomic E-state index is 0.00763. The van der Waals surface area contributed by atoms with Gasteiger partial charge in [-0.25, -0.2) is 0 Å². The molecule has 5 heteroatoms. The van der Waals surface area contributed by atoms with Crippen LogP contribution in [0.5, 0.6) is 0 Å². The fourth-order valence-electron chi connectivity index (χ4n) is 2.22. The van der Waals surface area contributed by atoms with Crippen LogP contribution in [0.2, 0.25) is 0 Å². The number of carbonyl (C=O) groups is 1. The molecule has 0 unspecified atom stereocenters. The lowest BCUT2D eigenvalue weighted by Gasteiger charge is -2.07. The van der Waals surface area contributed by atoms with E-state index in [0.717, 1.165) is 5.56 Å². The third-order valence-electron chi connectivity index (χ3n) is 3.65. The lowest BCUT2D eigenvalue weighted by Crippen LogP contribution is -2.12. The van der Waals surface area contributed by atoms with Crippen molar-refractivity contribution in [1.29, 1.82) is 0 Å². The molecule has 2 rings (SSSR count). The van der Waals surface area contributed by atoms with E-state index in [2.05, 4.69) is 43.4 Å². The average molecular weight is 312 g/mol. The van der Waals surface area contributed by atoms with E-state index in [0.29, 0.717) is 24.4 Å². The third kappa shape index (κ3) is 4.92. The third-order valence-corrected chi connectivity index (χ3v) is 3.65. The van der Waals surface area contributed by atoms with Crippen LogP contribution >= 0.6 is 0 Å². The van der Waals surface area contributed by atoms with Crippen molar-refractivity contribution in [2.75, 3.05) is 5.32 Å². The summed E-state index contributed by atoms with van der Waals surface area (Å²) < 4.78 is 0. The van der Waals surface area contributed by atoms with E-state index in [1.165, 1.54) is 29.8 Å². The molecule has 0 aromatic heterocycles. The Morgan fingerprint density at radius 3 is 2.22 bits per heavy atom. The largest absolute Gasteiger partial charge is 0.326 e. The van der Waals surface area contributed by atoms with Gasteiger partial charge in [-0.2, -0.15) is 0 Å². The second kappa shape index (κ2) is 7.54. The molecule has 5 nitrogen and oxygen atoms in total. The molecule has 0 heterocycles. The van der Waals surface area contributed by atoms with Crippen molar-refractivity contribution in [1.82, 2.24) is 0 Å². The van der Waals surface area contributed by atoms with Gasteiger partial charge < -0.3 is 5.32 Å². The first-order valence-corrected chi connectivity index (χ1v) is 7.59. The van der Waals surface area contributed by atoms with Gasteiger partial charge in [-0.05, 0) is 35.6 Å². The molecule has 0 saturated carbocycles. The Morgan fingerprint density at radius 1 is 1.09 bits per heavy atom. The highest BCUT2D eigenvalue weighted by Crippen LogP contribution is 2.17. The van der Waals surface area contributed by atoms with Gasteiger partial charge in [0.1, 0.15) is 0 Å². The second-order valence-electron chi connectivity index (χ2n) is 5.75. The average Bonchev–Trinajstić information content (AvgIpc) is 2.54. The maximum Gasteiger partial charge on any atom is 0.269 e. The Morgan fingerprint density at radius 2 is 1.70 bits per heavy atom. The quantitative estimate of drug-likeness (QED) is 0.639. The van der Waals surface area contributed by atoms with Gasteiger partial charge in [-0.15, -0.1) is 0 Å². The van der Waals surface area contributed by atoms with Crippen molar-refractivity contribution in [3.8, 4) is 0 Å². The number of rotatable bonds is 6. The van der Waals surface area contributed by atoms with Crippen molar-refractivity contribution in [2.24, 2.45) is 0 Å². The predicted molar refractivity (Wildman–Crippen MR) is 90.6 cm³/mol. The number of aryl methyl sites for hydroxylation is 1. The molecule has 1 N–H and O–H groups in total. The van der Waals surface area contributed by atoms with E-state index in [1.807, 2.05) is 0 Å². The van der Waals surface area contributed by atoms with Gasteiger partial charge in [-0.1, -0.05) is 38.1 Å². The fraction of sp³-hybridized carbons (Fsp3) is 0.278. The number of anilines is 1. The first-order chi connectivity index (χ1) is 11.0. The van der Waals surface area contributed by atoms with Crippen molar-refractivity contribution in [3.05, 3.63) is 69.8 Å². The van der Waals surface area contributed by atoms with E-state index in [-0.39, 0.29) is 11.6 Å². The number of non-ortho nitro benzene ring substituents is 1. The lowest BCUT2D eigenvalue weighted by atomic mass is 10.0. The molecule has 0 spiro atoms. The van der Waals surface area contributed by atoms with Gasteiger partial charge in [0.15, 0.2) is 0 Å². The number of amides is 1. The van der Waals surface area contributed by atoms with Crippen molar-refractivity contribution >= 4 is 17.3 Å². The smallest absolute Gasteiger partial charge is 0.269 e. The molecule has 0 radical (unpaired) electrons. The van der Waals surface area contributed by atoms with E-state index < -0.39 is 4.92 Å². The Hall–Kier alpha value is -2.69. The van der Waals surface area contributed by atoms with Gasteiger partial charge in [0.05, 0.1) is 4.92 Å². The highest BCUT2D eigenvalue weighted by molar-refractivity contribution is 5.90. The molecule has 2 aromatic carbocycles. The molecule has 0 aliphatic heterocycles. The Bertz CT molecular complexity index is 676. The van der Waals surface area contributed by atoms with Crippen LogP contribution in [0.4, 0.5) is 11.4 Å². The number of nitrogens with one attached hydrogen (secondary N) is 1. The van der Waals surface area contributed by atoms with Crippen LogP contribution in [0, 0.1) is 10.1 Å². The number of benzene rings is 2. The van der Waals surface area contributed by atoms with Gasteiger partial charge in [0.25, 0.3) is 5.69 Å². The SMILES string of the molecule is CC(C)c1ccc(CCC(=O)Nc2ccc([N+](=O)[O-])cc2)cc1. The molecule has 0 saturated heterocycles. The summed E-state index contributed by atoms with van der Waals surface area (Å²) in [5, 5.41) is 13.3. The molecule has 2 aromatic rings. The van der Waals surface area contributed by atoms with Crippen LogP contribution in [0.3, 0.4) is 0 Å². The monoisotopic (exact) mass is 312 g/mol. The van der Waals surface area contributed by atoms with Gasteiger partial charge in [0, 0.05) is 24.2 Å². The molecular formula is C18H20N2O3. The normalized spacial score (nSPS) is 10.6. The molecule has 1 amide bonds. The van der Waals surface area contributed by atoms with Crippen molar-refractivity contribution in [2.45, 2.75) is 32.6 Å². The summed E-state index contributed by atoms with van der Waals surface area (Å²) in [4.78, 5) is 22.0. The van der Waals surface area contributed by atoms with Crippen molar-refractivity contribution < 1.29 is 9.72 Å². The van der Waals surface area contributed by atoms with Crippen LogP contribution in [0.1, 0.15) is 37.3 Å². The van der Waals surface area contributed by atoms with Crippen LogP contribution in [0.15, 0.2) is 48.5 Å². The fourth-order valence-corrected chi connectivity index (χ4v) is 2.22. The number of carbonyl (C=O) groups excluding carboxylic acids is 1. The Balaban J connectivity index is 1.86. The minimum atomic E-state index is -0.466. The second-order valence-corrected chi connectivity index (χ2v) is 5.75. The minimum Gasteiger partial charge on any atom is -0.326 e. The maximum absolute atomic E-state index is 11.9. The summed E-state index contributed by atoms with van der Waals surface area (Å²) >= 11 is 0. The first-order valence-electron chi connectivity index (χ1n) is 7.59. The summed E-state index contributed by atoms with van der Waals surface area (Å²) in [6.45, 7) is 4.29. The van der Waals surface area contributed by atoms with Gasteiger partial charge in [-0.3, -0.25) is 14.9 Å². The predicted octanol–water partition coefficient (Wildman–Crippen LogP) is 4.29. The van der Waals surface area contributed by atoms with Crippen LogP contribution in [0.25, 0.3) is 0 Å². The number of nitro benzene ring substituents is 1. The molecule has 0 aliphatic carbocycles. The highest BCUT2D eigenvalue weighted by atomic mass is 16.6. The zero-order chi connectivity index (χ0) is 16.8. The van der Waals surface area contributed by atoms with Gasteiger partial charge >= 0.3 is 0 Å². The van der Waals surface area contributed by atoms with E-state index in [4.69, 9.17) is 0 Å². The molecule has 120 valence electrons. The van der Waals surface area contributed by atoms with Crippen LogP contribution in [-0.2, 0) is 11.2 Å². The molecule has 0 bridgehead atoms. The lowest BCUT2D eigenvalue weighted by molar-refractivity contribution is -0.384. The summed E-state index contributed by atoms with van der Waals surface area (Å²) in [6, 6.07) is 14.1. The highest BCUT2D eigenvalue weighted by Gasteiger charge is 2.07. The summed E-state index contributed by atoms with van der Waals surface area (Å²) in [5.41, 5.74) is 2.97. The van der Waals surface area contributed by atoms with Crippen LogP contribution < -0.4 is 5.32 Å². The van der Waals surface area contributed by atoms with Crippen LogP contribution in [-0.4, -0.2) is 10.8 Å². The van der Waals surface area contributed by atoms with Crippen molar-refractivity contribution in [3.63, 3.8) is 0 Å². The van der Waals surface area contributed by atoms with E-state index in [1.54, 1.807) is 0 Å². The zero-order valence-corrected chi connectivity index (χ0v) is 13.3. The molecule has 23 heavy (non-hydrogen) atoms. The number of nitro groups is 1. The molecular weight excluding hydrogens is 292 g/mol. The summed E-state index contributed by atoms with van der Waals surface area (Å²) in [5.74, 6) is 0.390. The number of hydrogen-bond acceptors (Lipinski definition) is 3. The number of nitrogens with zero attached hydrogens (tertiary/aromatic N) is 1. The molecule has 0 aliphatic rings. The Labute approximate surface area is 135 Å². The van der Waals surface area contributed by atoms with E-state index in [9.17, 15) is 14.9 Å². The number of hydrogen-bond donors (Lipinski definition) is 1. The topological polar surface area (TPSA) is 72.2 Å².